The van der Waals surface area contributed by atoms with Crippen molar-refractivity contribution in [2.45, 2.75) is 12.5 Å². The van der Waals surface area contributed by atoms with E-state index in [1.807, 2.05) is 0 Å². The van der Waals surface area contributed by atoms with Gasteiger partial charge in [-0.1, -0.05) is 0 Å². The molecule has 1 atom stereocenters. The fraction of sp³-hybridized carbons (Fsp3) is 0.667. The highest BCUT2D eigenvalue weighted by Gasteiger charge is 2.40. The topological polar surface area (TPSA) is 78.8 Å². The van der Waals surface area contributed by atoms with Crippen LogP contribution in [0, 0.1) is 0 Å². The van der Waals surface area contributed by atoms with Crippen LogP contribution in [0.3, 0.4) is 0 Å². The minimum atomic E-state index is -5.00. The van der Waals surface area contributed by atoms with E-state index in [-0.39, 0.29) is 0 Å². The maximum atomic E-state index is 11.3. The third kappa shape index (κ3) is 4.39. The number of hydrogen-bond acceptors (Lipinski definition) is 3. The molecule has 0 saturated carbocycles. The lowest BCUT2D eigenvalue weighted by atomic mass is 10.6. The molecule has 5 nitrogen and oxygen atoms in total. The van der Waals surface area contributed by atoms with Crippen LogP contribution in [0.5, 0.6) is 0 Å². The predicted octanol–water partition coefficient (Wildman–Crippen LogP) is 0.0663. The first-order valence-corrected chi connectivity index (χ1v) is 2.23. The highest BCUT2D eigenvalue weighted by Crippen LogP contribution is 2.19. The van der Waals surface area contributed by atoms with E-state index in [4.69, 9.17) is 10.2 Å². The number of halogens is 3. The molecule has 0 saturated heterocycles. The summed E-state index contributed by atoms with van der Waals surface area (Å²) in [7, 11) is 0. The maximum Gasteiger partial charge on any atom is 0.442 e. The van der Waals surface area contributed by atoms with Gasteiger partial charge in [0.2, 0.25) is 0 Å². The van der Waals surface area contributed by atoms with Crippen LogP contribution in [-0.2, 0) is 4.84 Å². The van der Waals surface area contributed by atoms with Gasteiger partial charge in [0, 0.05) is 0 Å². The fourth-order valence-electron chi connectivity index (χ4n) is 0.173. The normalized spacial score (nSPS) is 14.2. The third-order valence-electron chi connectivity index (χ3n) is 0.538. The summed E-state index contributed by atoms with van der Waals surface area (Å²) in [6.45, 7) is 0. The van der Waals surface area contributed by atoms with E-state index in [1.165, 1.54) is 0 Å². The van der Waals surface area contributed by atoms with E-state index in [0.717, 1.165) is 5.48 Å². The highest BCUT2D eigenvalue weighted by molar-refractivity contribution is 5.62. The Balaban J connectivity index is 3.70. The third-order valence-corrected chi connectivity index (χ3v) is 0.538. The molecule has 0 aliphatic carbocycles. The molecule has 0 spiro atoms. The Bertz CT molecular complexity index is 146. The monoisotopic (exact) mass is 175 g/mol. The summed E-state index contributed by atoms with van der Waals surface area (Å²) in [5.41, 5.74) is 0.898. The number of hydrogen-bond donors (Lipinski definition) is 3. The second-order valence-corrected chi connectivity index (χ2v) is 1.42. The van der Waals surface area contributed by atoms with Gasteiger partial charge in [0.25, 0.3) is 6.29 Å². The van der Waals surface area contributed by atoms with Crippen LogP contribution in [0.15, 0.2) is 0 Å². The molecule has 11 heavy (non-hydrogen) atoms. The lowest BCUT2D eigenvalue weighted by molar-refractivity contribution is -0.306. The minimum absolute atomic E-state index is 0.898. The van der Waals surface area contributed by atoms with Gasteiger partial charge in [-0.15, -0.1) is 0 Å². The number of rotatable bonds is 2. The number of aliphatic hydroxyl groups is 1. The Morgan fingerprint density at radius 1 is 1.55 bits per heavy atom. The molecule has 1 unspecified atom stereocenters. The molecule has 0 rings (SSSR count). The molecular weight excluding hydrogens is 171 g/mol. The molecule has 3 N–H and O–H groups in total. The Morgan fingerprint density at radius 2 is 2.00 bits per heavy atom. The molecule has 0 bridgehead atoms. The average molecular weight is 175 g/mol. The molecule has 0 radical (unpaired) electrons. The van der Waals surface area contributed by atoms with Gasteiger partial charge in [0.1, 0.15) is 0 Å². The second kappa shape index (κ2) is 3.39. The van der Waals surface area contributed by atoms with Crippen molar-refractivity contribution in [1.29, 1.82) is 0 Å². The van der Waals surface area contributed by atoms with Crippen molar-refractivity contribution in [2.75, 3.05) is 0 Å². The Labute approximate surface area is 58.3 Å². The summed E-state index contributed by atoms with van der Waals surface area (Å²) in [5, 5.41) is 15.7. The van der Waals surface area contributed by atoms with E-state index in [9.17, 15) is 18.0 Å². The quantitative estimate of drug-likeness (QED) is 0.409. The number of aliphatic hydroxyl groups excluding tert-OH is 1. The zero-order chi connectivity index (χ0) is 9.07. The largest absolute Gasteiger partial charge is 0.464 e. The van der Waals surface area contributed by atoms with Crippen LogP contribution in [0.1, 0.15) is 0 Å². The Kier molecular flexibility index (Phi) is 3.08. The molecule has 0 aromatic heterocycles. The Morgan fingerprint density at radius 3 is 2.27 bits per heavy atom. The molecule has 0 aromatic carbocycles. The number of carbonyl (C=O) groups is 1. The number of nitrogens with one attached hydrogen (secondary N) is 1. The predicted molar refractivity (Wildman–Crippen MR) is 24.3 cm³/mol. The summed E-state index contributed by atoms with van der Waals surface area (Å²) in [5.74, 6) is 0. The van der Waals surface area contributed by atoms with Crippen LogP contribution in [0.2, 0.25) is 0 Å². The molecule has 0 aromatic rings. The molecule has 0 aliphatic heterocycles. The Hall–Kier alpha value is -1.02. The lowest BCUT2D eigenvalue weighted by Gasteiger charge is -2.12. The van der Waals surface area contributed by atoms with E-state index in [2.05, 4.69) is 4.84 Å². The first kappa shape index (κ1) is 9.98. The number of alkyl halides is 3. The van der Waals surface area contributed by atoms with Gasteiger partial charge in [0.15, 0.2) is 0 Å². The van der Waals surface area contributed by atoms with Gasteiger partial charge in [-0.05, 0) is 0 Å². The average Bonchev–Trinajstić information content (AvgIpc) is 1.80. The van der Waals surface area contributed by atoms with Crippen molar-refractivity contribution in [2.24, 2.45) is 0 Å². The summed E-state index contributed by atoms with van der Waals surface area (Å²) < 4.78 is 33.9. The van der Waals surface area contributed by atoms with Crippen LogP contribution in [0.25, 0.3) is 0 Å². The first-order chi connectivity index (χ1) is 4.84. The maximum absolute atomic E-state index is 11.3. The van der Waals surface area contributed by atoms with E-state index in [1.54, 1.807) is 0 Å². The molecular formula is C3H4F3NO4. The second-order valence-electron chi connectivity index (χ2n) is 1.42. The van der Waals surface area contributed by atoms with Crippen molar-refractivity contribution < 1.29 is 33.0 Å². The van der Waals surface area contributed by atoms with Gasteiger partial charge in [-0.3, -0.25) is 0 Å². The summed E-state index contributed by atoms with van der Waals surface area (Å²) in [6, 6.07) is 0. The zero-order valence-electron chi connectivity index (χ0n) is 4.92. The van der Waals surface area contributed by atoms with Crippen LogP contribution in [0.4, 0.5) is 18.0 Å². The van der Waals surface area contributed by atoms with Crippen molar-refractivity contribution >= 4 is 6.09 Å². The van der Waals surface area contributed by atoms with Crippen LogP contribution < -0.4 is 5.48 Å². The molecule has 1 amide bonds. The zero-order valence-corrected chi connectivity index (χ0v) is 4.92. The molecule has 8 heteroatoms. The van der Waals surface area contributed by atoms with E-state index in [0.29, 0.717) is 0 Å². The van der Waals surface area contributed by atoms with Gasteiger partial charge >= 0.3 is 12.3 Å². The van der Waals surface area contributed by atoms with Crippen molar-refractivity contribution in [3.8, 4) is 0 Å². The summed E-state index contributed by atoms with van der Waals surface area (Å²) >= 11 is 0. The molecule has 0 heterocycles. The first-order valence-electron chi connectivity index (χ1n) is 2.23. The summed E-state index contributed by atoms with van der Waals surface area (Å²) in [4.78, 5) is 12.8. The van der Waals surface area contributed by atoms with Crippen molar-refractivity contribution in [3.05, 3.63) is 0 Å². The molecule has 66 valence electrons. The van der Waals surface area contributed by atoms with Gasteiger partial charge in [-0.25, -0.2) is 9.63 Å². The van der Waals surface area contributed by atoms with E-state index < -0.39 is 18.6 Å². The minimum Gasteiger partial charge on any atom is -0.464 e. The van der Waals surface area contributed by atoms with E-state index >= 15 is 0 Å². The van der Waals surface area contributed by atoms with Gasteiger partial charge in [-0.2, -0.15) is 18.7 Å². The SMILES string of the molecule is O=C(O)NOC(O)C(F)(F)F. The molecule has 0 fully saturated rings. The van der Waals surface area contributed by atoms with Crippen LogP contribution >= 0.6 is 0 Å². The molecule has 0 aliphatic rings. The van der Waals surface area contributed by atoms with Gasteiger partial charge < -0.3 is 10.2 Å². The highest BCUT2D eigenvalue weighted by atomic mass is 19.4. The van der Waals surface area contributed by atoms with Crippen molar-refractivity contribution in [3.63, 3.8) is 0 Å². The smallest absolute Gasteiger partial charge is 0.442 e. The number of hydroxylamine groups is 1. The van der Waals surface area contributed by atoms with Gasteiger partial charge in [0.05, 0.1) is 0 Å². The number of carboxylic acid groups (broad SMARTS) is 1. The lowest BCUT2D eigenvalue weighted by Crippen LogP contribution is -2.37. The fourth-order valence-corrected chi connectivity index (χ4v) is 0.173. The summed E-state index contributed by atoms with van der Waals surface area (Å²) in [6.07, 6.45) is -9.96. The standard InChI is InChI=1S/C3H4F3NO4/c4-3(5,6)1(8)11-7-2(9)10/h1,7-8H,(H,9,10). The number of amides is 1. The van der Waals surface area contributed by atoms with Crippen molar-refractivity contribution in [1.82, 2.24) is 5.48 Å². The van der Waals surface area contributed by atoms with Crippen LogP contribution in [-0.4, -0.2) is 28.8 Å².